The molecule has 2 rings (SSSR count). The summed E-state index contributed by atoms with van der Waals surface area (Å²) in [6, 6.07) is 1.23. The molecule has 1 saturated heterocycles. The minimum absolute atomic E-state index is 0.148. The highest BCUT2D eigenvalue weighted by atomic mass is 32.2. The fraction of sp³-hybridized carbons (Fsp3) is 0.400. The first-order valence-electron chi connectivity index (χ1n) is 4.76. The van der Waals surface area contributed by atoms with Gasteiger partial charge in [-0.3, -0.25) is 4.79 Å². The summed E-state index contributed by atoms with van der Waals surface area (Å²) in [5.74, 6) is -0.663. The summed E-state index contributed by atoms with van der Waals surface area (Å²) < 4.78 is 0. The van der Waals surface area contributed by atoms with E-state index in [0.717, 1.165) is 5.56 Å². The number of rotatable bonds is 2. The number of aliphatic carboxylic acids is 1. The minimum Gasteiger partial charge on any atom is -0.480 e. The van der Waals surface area contributed by atoms with Crippen molar-refractivity contribution in [2.75, 3.05) is 5.75 Å². The molecule has 0 aliphatic carbocycles. The van der Waals surface area contributed by atoms with Gasteiger partial charge < -0.3 is 10.0 Å². The second-order valence-corrected chi connectivity index (χ2v) is 5.42. The molecule has 2 heterocycles. The Morgan fingerprint density at radius 2 is 2.31 bits per heavy atom. The highest BCUT2D eigenvalue weighted by Gasteiger charge is 2.40. The molecule has 1 aliphatic heterocycles. The number of nitrogens with zero attached hydrogens (tertiary/aromatic N) is 1. The van der Waals surface area contributed by atoms with Crippen LogP contribution < -0.4 is 0 Å². The summed E-state index contributed by atoms with van der Waals surface area (Å²) in [6.45, 7) is 1.42. The summed E-state index contributed by atoms with van der Waals surface area (Å²) in [5.41, 5.74) is 1.01. The lowest BCUT2D eigenvalue weighted by Crippen LogP contribution is -2.41. The van der Waals surface area contributed by atoms with Crippen molar-refractivity contribution in [3.8, 4) is 0 Å². The Morgan fingerprint density at radius 1 is 1.56 bits per heavy atom. The predicted octanol–water partition coefficient (Wildman–Crippen LogP) is 1.80. The highest BCUT2D eigenvalue weighted by Crippen LogP contribution is 2.41. The summed E-state index contributed by atoms with van der Waals surface area (Å²) >= 11 is 3.05. The molecular formula is C10H11NO3S2. The largest absolute Gasteiger partial charge is 0.480 e. The van der Waals surface area contributed by atoms with E-state index in [9.17, 15) is 9.59 Å². The third-order valence-electron chi connectivity index (χ3n) is 2.48. The Kier molecular flexibility index (Phi) is 3.20. The van der Waals surface area contributed by atoms with Gasteiger partial charge in [0.25, 0.3) is 0 Å². The van der Waals surface area contributed by atoms with E-state index in [1.54, 1.807) is 11.3 Å². The predicted molar refractivity (Wildman–Crippen MR) is 63.5 cm³/mol. The molecular weight excluding hydrogens is 246 g/mol. The topological polar surface area (TPSA) is 57.6 Å². The molecule has 0 bridgehead atoms. The third-order valence-corrected chi connectivity index (χ3v) is 4.50. The molecule has 0 unspecified atom stereocenters. The van der Waals surface area contributed by atoms with Gasteiger partial charge in [0.1, 0.15) is 11.4 Å². The summed E-state index contributed by atoms with van der Waals surface area (Å²) in [5, 5.41) is 12.8. The molecule has 0 saturated carbocycles. The quantitative estimate of drug-likeness (QED) is 0.877. The Hall–Kier alpha value is -1.01. The number of amides is 1. The second kappa shape index (κ2) is 4.47. The molecule has 0 spiro atoms. The number of hydrogen-bond donors (Lipinski definition) is 1. The van der Waals surface area contributed by atoms with Gasteiger partial charge in [0.15, 0.2) is 0 Å². The Labute approximate surface area is 101 Å². The van der Waals surface area contributed by atoms with E-state index < -0.39 is 12.0 Å². The molecule has 1 amide bonds. The molecule has 1 N–H and O–H groups in total. The van der Waals surface area contributed by atoms with E-state index in [2.05, 4.69) is 0 Å². The van der Waals surface area contributed by atoms with Gasteiger partial charge in [-0.25, -0.2) is 4.79 Å². The van der Waals surface area contributed by atoms with Crippen molar-refractivity contribution in [3.05, 3.63) is 22.4 Å². The molecule has 16 heavy (non-hydrogen) atoms. The first-order valence-corrected chi connectivity index (χ1v) is 6.76. The van der Waals surface area contributed by atoms with Crippen LogP contribution in [0.3, 0.4) is 0 Å². The second-order valence-electron chi connectivity index (χ2n) is 3.52. The van der Waals surface area contributed by atoms with Crippen molar-refractivity contribution < 1.29 is 14.7 Å². The molecule has 1 fully saturated rings. The molecule has 2 atom stereocenters. The van der Waals surface area contributed by atoms with E-state index in [1.165, 1.54) is 23.6 Å². The standard InChI is InChI=1S/C10H11NO3S2/c1-6(12)11-8(10(13)14)5-16-9(11)7-2-3-15-4-7/h2-4,8-9H,5H2,1H3,(H,13,14)/t8-,9-/m0/s1. The minimum atomic E-state index is -0.930. The first-order chi connectivity index (χ1) is 7.61. The molecule has 1 aromatic rings. The maximum absolute atomic E-state index is 11.5. The summed E-state index contributed by atoms with van der Waals surface area (Å²) in [4.78, 5) is 24.0. The van der Waals surface area contributed by atoms with Crippen LogP contribution in [-0.2, 0) is 9.59 Å². The monoisotopic (exact) mass is 257 g/mol. The average Bonchev–Trinajstić information content (AvgIpc) is 2.85. The maximum Gasteiger partial charge on any atom is 0.327 e. The van der Waals surface area contributed by atoms with Crippen molar-refractivity contribution in [2.24, 2.45) is 0 Å². The van der Waals surface area contributed by atoms with Crippen molar-refractivity contribution >= 4 is 35.0 Å². The number of carbonyl (C=O) groups excluding carboxylic acids is 1. The fourth-order valence-corrected chi connectivity index (χ4v) is 3.98. The Balaban J connectivity index is 2.28. The van der Waals surface area contributed by atoms with Crippen LogP contribution in [-0.4, -0.2) is 33.7 Å². The maximum atomic E-state index is 11.5. The lowest BCUT2D eigenvalue weighted by molar-refractivity contribution is -0.148. The molecule has 1 aromatic heterocycles. The van der Waals surface area contributed by atoms with Gasteiger partial charge in [-0.1, -0.05) is 0 Å². The highest BCUT2D eigenvalue weighted by molar-refractivity contribution is 7.99. The molecule has 86 valence electrons. The van der Waals surface area contributed by atoms with E-state index in [-0.39, 0.29) is 11.3 Å². The first kappa shape index (κ1) is 11.5. The molecule has 6 heteroatoms. The molecule has 0 radical (unpaired) electrons. The van der Waals surface area contributed by atoms with Gasteiger partial charge in [-0.2, -0.15) is 11.3 Å². The van der Waals surface area contributed by atoms with Gasteiger partial charge in [-0.05, 0) is 22.4 Å². The van der Waals surface area contributed by atoms with Crippen molar-refractivity contribution in [1.82, 2.24) is 4.90 Å². The molecule has 4 nitrogen and oxygen atoms in total. The average molecular weight is 257 g/mol. The van der Waals surface area contributed by atoms with Gasteiger partial charge in [-0.15, -0.1) is 11.8 Å². The lowest BCUT2D eigenvalue weighted by Gasteiger charge is -2.25. The zero-order valence-corrected chi connectivity index (χ0v) is 10.3. The Morgan fingerprint density at radius 3 is 2.81 bits per heavy atom. The third kappa shape index (κ3) is 1.94. The molecule has 1 aliphatic rings. The van der Waals surface area contributed by atoms with E-state index >= 15 is 0 Å². The number of carboxylic acid groups (broad SMARTS) is 1. The normalized spacial score (nSPS) is 24.7. The fourth-order valence-electron chi connectivity index (χ4n) is 1.75. The van der Waals surface area contributed by atoms with Gasteiger partial charge in [0.2, 0.25) is 5.91 Å². The van der Waals surface area contributed by atoms with Gasteiger partial charge >= 0.3 is 5.97 Å². The van der Waals surface area contributed by atoms with Crippen LogP contribution in [0.5, 0.6) is 0 Å². The van der Waals surface area contributed by atoms with Crippen LogP contribution in [0.2, 0.25) is 0 Å². The SMILES string of the molecule is CC(=O)N1[C@H](C(=O)O)CS[C@H]1c1ccsc1. The molecule has 0 aromatic carbocycles. The number of carbonyl (C=O) groups is 2. The van der Waals surface area contributed by atoms with Gasteiger partial charge in [0.05, 0.1) is 0 Å². The van der Waals surface area contributed by atoms with Gasteiger partial charge in [0, 0.05) is 12.7 Å². The number of hydrogen-bond acceptors (Lipinski definition) is 4. The summed E-state index contributed by atoms with van der Waals surface area (Å²) in [6.07, 6.45) is 0. The van der Waals surface area contributed by atoms with E-state index in [0.29, 0.717) is 5.75 Å². The summed E-state index contributed by atoms with van der Waals surface area (Å²) in [7, 11) is 0. The zero-order valence-electron chi connectivity index (χ0n) is 8.62. The van der Waals surface area contributed by atoms with Crippen LogP contribution in [0.4, 0.5) is 0 Å². The van der Waals surface area contributed by atoms with Crippen LogP contribution in [0.15, 0.2) is 16.8 Å². The van der Waals surface area contributed by atoms with Crippen LogP contribution in [0, 0.1) is 0 Å². The van der Waals surface area contributed by atoms with Crippen molar-refractivity contribution in [1.29, 1.82) is 0 Å². The van der Waals surface area contributed by atoms with E-state index in [1.807, 2.05) is 16.8 Å². The Bertz CT molecular complexity index is 404. The lowest BCUT2D eigenvalue weighted by atomic mass is 10.2. The van der Waals surface area contributed by atoms with Crippen LogP contribution in [0.25, 0.3) is 0 Å². The zero-order chi connectivity index (χ0) is 11.7. The van der Waals surface area contributed by atoms with Crippen molar-refractivity contribution in [3.63, 3.8) is 0 Å². The smallest absolute Gasteiger partial charge is 0.327 e. The van der Waals surface area contributed by atoms with Crippen molar-refractivity contribution in [2.45, 2.75) is 18.3 Å². The van der Waals surface area contributed by atoms with E-state index in [4.69, 9.17) is 5.11 Å². The number of thiophene rings is 1. The van der Waals surface area contributed by atoms with Crippen LogP contribution in [0.1, 0.15) is 17.9 Å². The number of carboxylic acids is 1. The number of thioether (sulfide) groups is 1. The van der Waals surface area contributed by atoms with Crippen LogP contribution >= 0.6 is 23.1 Å².